The number of halogens is 1. The van der Waals surface area contributed by atoms with E-state index in [1.54, 1.807) is 12.1 Å². The number of benzene rings is 1. The Bertz CT molecular complexity index is 477. The molecule has 1 rings (SSSR count). The van der Waals surface area contributed by atoms with Crippen LogP contribution in [0.1, 0.15) is 13.8 Å². The average Bonchev–Trinajstić information content (AvgIpc) is 2.18. The molecule has 0 unspecified atom stereocenters. The van der Waals surface area contributed by atoms with Gasteiger partial charge in [-0.15, -0.1) is 0 Å². The fraction of sp³-hybridized carbons (Fsp3) is 0.300. The second-order valence-electron chi connectivity index (χ2n) is 3.66. The van der Waals surface area contributed by atoms with Crippen molar-refractivity contribution in [3.63, 3.8) is 0 Å². The van der Waals surface area contributed by atoms with Gasteiger partial charge in [0.25, 0.3) is 0 Å². The van der Waals surface area contributed by atoms with E-state index in [1.165, 1.54) is 26.0 Å². The monoisotopic (exact) mass is 246 g/mol. The van der Waals surface area contributed by atoms with E-state index >= 15 is 0 Å². The van der Waals surface area contributed by atoms with Gasteiger partial charge in [0.2, 0.25) is 0 Å². The third-order valence-electron chi connectivity index (χ3n) is 2.10. The first-order valence-electron chi connectivity index (χ1n) is 4.28. The van der Waals surface area contributed by atoms with E-state index in [0.29, 0.717) is 6.29 Å². The number of hydrogen-bond acceptors (Lipinski definition) is 3. The van der Waals surface area contributed by atoms with Gasteiger partial charge in [-0.25, -0.2) is 8.42 Å². The maximum atomic E-state index is 12.0. The predicted octanol–water partition coefficient (Wildman–Crippen LogP) is 2.09. The molecular weight excluding hydrogens is 236 g/mol. The highest BCUT2D eigenvalue weighted by Gasteiger charge is 2.36. The van der Waals surface area contributed by atoms with E-state index in [4.69, 9.17) is 11.6 Å². The third-order valence-corrected chi connectivity index (χ3v) is 4.96. The molecule has 3 nitrogen and oxygen atoms in total. The summed E-state index contributed by atoms with van der Waals surface area (Å²) < 4.78 is 22.5. The fourth-order valence-electron chi connectivity index (χ4n) is 1.01. The molecule has 1 aromatic carbocycles. The standard InChI is InChI=1S/C10H11ClO3S/c1-10(2,7-12)15(13,14)9-6-4-3-5-8(9)11/h3-7H,1-2H3. The van der Waals surface area contributed by atoms with Gasteiger partial charge in [0.15, 0.2) is 9.84 Å². The first kappa shape index (κ1) is 12.2. The van der Waals surface area contributed by atoms with E-state index in [1.807, 2.05) is 0 Å². The van der Waals surface area contributed by atoms with Crippen molar-refractivity contribution >= 4 is 27.7 Å². The van der Waals surface area contributed by atoms with Crippen molar-refractivity contribution in [2.24, 2.45) is 0 Å². The quantitative estimate of drug-likeness (QED) is 0.768. The molecule has 0 radical (unpaired) electrons. The smallest absolute Gasteiger partial charge is 0.191 e. The number of aldehydes is 1. The molecule has 15 heavy (non-hydrogen) atoms. The van der Waals surface area contributed by atoms with E-state index in [2.05, 4.69) is 0 Å². The second-order valence-corrected chi connectivity index (χ2v) is 6.56. The Kier molecular flexibility index (Phi) is 3.21. The highest BCUT2D eigenvalue weighted by molar-refractivity contribution is 7.93. The molecule has 82 valence electrons. The Morgan fingerprint density at radius 2 is 1.80 bits per heavy atom. The predicted molar refractivity (Wildman–Crippen MR) is 58.8 cm³/mol. The van der Waals surface area contributed by atoms with Crippen LogP contribution in [-0.2, 0) is 14.6 Å². The van der Waals surface area contributed by atoms with Crippen LogP contribution in [0.25, 0.3) is 0 Å². The summed E-state index contributed by atoms with van der Waals surface area (Å²) in [6.07, 6.45) is 0.408. The molecular formula is C10H11ClO3S. The van der Waals surface area contributed by atoms with Crippen molar-refractivity contribution in [2.75, 3.05) is 0 Å². The van der Waals surface area contributed by atoms with Crippen LogP contribution in [0.15, 0.2) is 29.2 Å². The van der Waals surface area contributed by atoms with Gasteiger partial charge in [-0.3, -0.25) is 0 Å². The molecule has 0 atom stereocenters. The minimum absolute atomic E-state index is 0.0104. The molecule has 0 aromatic heterocycles. The lowest BCUT2D eigenvalue weighted by molar-refractivity contribution is -0.109. The lowest BCUT2D eigenvalue weighted by Crippen LogP contribution is -2.33. The Morgan fingerprint density at radius 1 is 1.27 bits per heavy atom. The molecule has 0 amide bonds. The topological polar surface area (TPSA) is 51.2 Å². The molecule has 0 aliphatic heterocycles. The van der Waals surface area contributed by atoms with Crippen LogP contribution < -0.4 is 0 Å². The summed E-state index contributed by atoms with van der Waals surface area (Å²) in [5.74, 6) is 0. The Balaban J connectivity index is 3.43. The summed E-state index contributed by atoms with van der Waals surface area (Å²) in [5, 5.41) is 0.132. The summed E-state index contributed by atoms with van der Waals surface area (Å²) in [6.45, 7) is 2.69. The van der Waals surface area contributed by atoms with Crippen LogP contribution in [0.5, 0.6) is 0 Å². The molecule has 1 aromatic rings. The molecule has 0 N–H and O–H groups in total. The van der Waals surface area contributed by atoms with Crippen LogP contribution in [0.2, 0.25) is 5.02 Å². The molecule has 0 heterocycles. The molecule has 0 saturated carbocycles. The first-order valence-corrected chi connectivity index (χ1v) is 6.14. The van der Waals surface area contributed by atoms with Crippen LogP contribution in [0, 0.1) is 0 Å². The third kappa shape index (κ3) is 2.06. The molecule has 5 heteroatoms. The van der Waals surface area contributed by atoms with Crippen molar-refractivity contribution in [3.8, 4) is 0 Å². The number of hydrogen-bond donors (Lipinski definition) is 0. The van der Waals surface area contributed by atoms with E-state index in [0.717, 1.165) is 0 Å². The van der Waals surface area contributed by atoms with Gasteiger partial charge in [-0.2, -0.15) is 0 Å². The first-order chi connectivity index (χ1) is 6.83. The van der Waals surface area contributed by atoms with Gasteiger partial charge >= 0.3 is 0 Å². The lowest BCUT2D eigenvalue weighted by atomic mass is 10.2. The largest absolute Gasteiger partial charge is 0.302 e. The van der Waals surface area contributed by atoms with Crippen LogP contribution in [-0.4, -0.2) is 19.5 Å². The summed E-state index contributed by atoms with van der Waals surface area (Å²) in [5.41, 5.74) is 0. The number of carbonyl (C=O) groups excluding carboxylic acids is 1. The zero-order chi connectivity index (χ0) is 11.7. The lowest BCUT2D eigenvalue weighted by Gasteiger charge is -2.18. The minimum atomic E-state index is -3.72. The van der Waals surface area contributed by atoms with Crippen molar-refractivity contribution < 1.29 is 13.2 Å². The number of rotatable bonds is 3. The van der Waals surface area contributed by atoms with Crippen molar-refractivity contribution in [3.05, 3.63) is 29.3 Å². The molecule has 0 spiro atoms. The number of carbonyl (C=O) groups is 1. The minimum Gasteiger partial charge on any atom is -0.302 e. The van der Waals surface area contributed by atoms with E-state index in [9.17, 15) is 13.2 Å². The normalized spacial score (nSPS) is 12.5. The van der Waals surface area contributed by atoms with Gasteiger partial charge < -0.3 is 4.79 Å². The van der Waals surface area contributed by atoms with E-state index in [-0.39, 0.29) is 9.92 Å². The second kappa shape index (κ2) is 3.94. The zero-order valence-corrected chi connectivity index (χ0v) is 9.97. The van der Waals surface area contributed by atoms with Crippen molar-refractivity contribution in [1.29, 1.82) is 0 Å². The van der Waals surface area contributed by atoms with Gasteiger partial charge in [0.1, 0.15) is 11.0 Å². The van der Waals surface area contributed by atoms with Gasteiger partial charge in [-0.1, -0.05) is 23.7 Å². The zero-order valence-electron chi connectivity index (χ0n) is 8.40. The van der Waals surface area contributed by atoms with Gasteiger partial charge in [-0.05, 0) is 26.0 Å². The van der Waals surface area contributed by atoms with Crippen LogP contribution in [0.3, 0.4) is 0 Å². The van der Waals surface area contributed by atoms with Crippen LogP contribution in [0.4, 0.5) is 0 Å². The Labute approximate surface area is 94.0 Å². The van der Waals surface area contributed by atoms with E-state index < -0.39 is 14.6 Å². The van der Waals surface area contributed by atoms with Gasteiger partial charge in [0.05, 0.1) is 9.92 Å². The van der Waals surface area contributed by atoms with Crippen molar-refractivity contribution in [1.82, 2.24) is 0 Å². The maximum absolute atomic E-state index is 12.0. The average molecular weight is 247 g/mol. The summed E-state index contributed by atoms with van der Waals surface area (Å²) in [6, 6.07) is 6.08. The summed E-state index contributed by atoms with van der Waals surface area (Å²) in [4.78, 5) is 10.7. The SMILES string of the molecule is CC(C)(C=O)S(=O)(=O)c1ccccc1Cl. The summed E-state index contributed by atoms with van der Waals surface area (Å²) >= 11 is 5.78. The van der Waals surface area contributed by atoms with Gasteiger partial charge in [0, 0.05) is 0 Å². The fourth-order valence-corrected chi connectivity index (χ4v) is 2.73. The summed E-state index contributed by atoms with van der Waals surface area (Å²) in [7, 11) is -3.72. The molecule has 0 fully saturated rings. The Morgan fingerprint density at radius 3 is 2.27 bits per heavy atom. The highest BCUT2D eigenvalue weighted by Crippen LogP contribution is 2.29. The molecule has 0 aliphatic carbocycles. The maximum Gasteiger partial charge on any atom is 0.191 e. The highest BCUT2D eigenvalue weighted by atomic mass is 35.5. The molecule has 0 bridgehead atoms. The van der Waals surface area contributed by atoms with Crippen LogP contribution >= 0.6 is 11.6 Å². The molecule has 0 aliphatic rings. The van der Waals surface area contributed by atoms with Crippen molar-refractivity contribution in [2.45, 2.75) is 23.5 Å². The molecule has 0 saturated heterocycles. The Hall–Kier alpha value is -0.870. The number of sulfone groups is 1.